The first kappa shape index (κ1) is 16.3. The number of nitrogens with zero attached hydrogens (tertiary/aromatic N) is 1. The van der Waals surface area contributed by atoms with Gasteiger partial charge in [-0.1, -0.05) is 31.5 Å². The zero-order valence-corrected chi connectivity index (χ0v) is 14.0. The molecule has 1 N–H and O–H groups in total. The van der Waals surface area contributed by atoms with E-state index >= 15 is 0 Å². The Morgan fingerprint density at radius 2 is 2.10 bits per heavy atom. The number of likely N-dealkylation sites (N-methyl/N-ethyl adjacent to an activating group) is 1. The normalized spacial score (nSPS) is 16.2. The molecule has 118 valence electrons. The van der Waals surface area contributed by atoms with E-state index in [0.717, 1.165) is 37.8 Å². The maximum Gasteiger partial charge on any atom is 0.123 e. The lowest BCUT2D eigenvalue weighted by molar-refractivity contribution is 0.241. The second-order valence-corrected chi connectivity index (χ2v) is 6.07. The molecular formula is C18H30N2O. The minimum atomic E-state index is 0.348. The molecule has 3 heteroatoms. The summed E-state index contributed by atoms with van der Waals surface area (Å²) in [5.41, 5.74) is 2.59. The van der Waals surface area contributed by atoms with Gasteiger partial charge in [-0.25, -0.2) is 0 Å². The van der Waals surface area contributed by atoms with Gasteiger partial charge in [0.2, 0.25) is 0 Å². The summed E-state index contributed by atoms with van der Waals surface area (Å²) in [4.78, 5) is 2.61. The first-order valence-electron chi connectivity index (χ1n) is 8.31. The molecule has 1 aliphatic rings. The van der Waals surface area contributed by atoms with Crippen LogP contribution in [0.4, 0.5) is 0 Å². The zero-order chi connectivity index (χ0) is 15.2. The SMILES string of the molecule is CCCNC(CN(CC)C1CC1)c1cc(C)ccc1OC. The Labute approximate surface area is 129 Å². The van der Waals surface area contributed by atoms with Crippen molar-refractivity contribution >= 4 is 0 Å². The van der Waals surface area contributed by atoms with Crippen LogP contribution < -0.4 is 10.1 Å². The van der Waals surface area contributed by atoms with Crippen LogP contribution in [0.3, 0.4) is 0 Å². The van der Waals surface area contributed by atoms with Gasteiger partial charge in [0.25, 0.3) is 0 Å². The number of ether oxygens (including phenoxy) is 1. The van der Waals surface area contributed by atoms with Crippen LogP contribution >= 0.6 is 0 Å². The third-order valence-corrected chi connectivity index (χ3v) is 4.29. The molecule has 0 heterocycles. The minimum absolute atomic E-state index is 0.348. The summed E-state index contributed by atoms with van der Waals surface area (Å²) in [6, 6.07) is 7.64. The number of hydrogen-bond acceptors (Lipinski definition) is 3. The summed E-state index contributed by atoms with van der Waals surface area (Å²) in [6.45, 7) is 9.88. The van der Waals surface area contributed by atoms with Crippen molar-refractivity contribution in [3.8, 4) is 5.75 Å². The first-order chi connectivity index (χ1) is 10.2. The fourth-order valence-corrected chi connectivity index (χ4v) is 2.93. The van der Waals surface area contributed by atoms with E-state index in [2.05, 4.69) is 49.2 Å². The summed E-state index contributed by atoms with van der Waals surface area (Å²) in [5, 5.41) is 3.71. The first-order valence-corrected chi connectivity index (χ1v) is 8.31. The standard InChI is InChI=1S/C18H30N2O/c1-5-11-19-17(13-20(6-2)15-8-9-15)16-12-14(3)7-10-18(16)21-4/h7,10,12,15,17,19H,5-6,8-9,11,13H2,1-4H3. The number of hydrogen-bond donors (Lipinski definition) is 1. The lowest BCUT2D eigenvalue weighted by Gasteiger charge is -2.28. The van der Waals surface area contributed by atoms with Crippen LogP contribution in [0.5, 0.6) is 5.75 Å². The van der Waals surface area contributed by atoms with Gasteiger partial charge >= 0.3 is 0 Å². The van der Waals surface area contributed by atoms with Gasteiger partial charge in [-0.15, -0.1) is 0 Å². The quantitative estimate of drug-likeness (QED) is 0.753. The number of benzene rings is 1. The van der Waals surface area contributed by atoms with Crippen LogP contribution in [0.2, 0.25) is 0 Å². The Morgan fingerprint density at radius 1 is 1.33 bits per heavy atom. The molecule has 0 saturated heterocycles. The Bertz CT molecular complexity index is 443. The van der Waals surface area contributed by atoms with E-state index < -0.39 is 0 Å². The molecule has 21 heavy (non-hydrogen) atoms. The highest BCUT2D eigenvalue weighted by Crippen LogP contribution is 2.31. The van der Waals surface area contributed by atoms with Gasteiger partial charge in [0.1, 0.15) is 5.75 Å². The predicted octanol–water partition coefficient (Wildman–Crippen LogP) is 3.53. The van der Waals surface area contributed by atoms with Crippen molar-refractivity contribution in [2.75, 3.05) is 26.7 Å². The smallest absolute Gasteiger partial charge is 0.123 e. The third kappa shape index (κ3) is 4.45. The monoisotopic (exact) mass is 290 g/mol. The zero-order valence-electron chi connectivity index (χ0n) is 14.0. The van der Waals surface area contributed by atoms with Crippen LogP contribution in [0.15, 0.2) is 18.2 Å². The van der Waals surface area contributed by atoms with E-state index in [1.54, 1.807) is 7.11 Å². The minimum Gasteiger partial charge on any atom is -0.496 e. The Hall–Kier alpha value is -1.06. The molecule has 0 spiro atoms. The molecule has 1 saturated carbocycles. The average molecular weight is 290 g/mol. The molecule has 1 aromatic rings. The summed E-state index contributed by atoms with van der Waals surface area (Å²) >= 11 is 0. The highest BCUT2D eigenvalue weighted by molar-refractivity contribution is 5.39. The molecule has 0 radical (unpaired) electrons. The van der Waals surface area contributed by atoms with Crippen molar-refractivity contribution in [1.82, 2.24) is 10.2 Å². The summed E-state index contributed by atoms with van der Waals surface area (Å²) < 4.78 is 5.59. The Balaban J connectivity index is 2.19. The van der Waals surface area contributed by atoms with Crippen LogP contribution in [0, 0.1) is 6.92 Å². The van der Waals surface area contributed by atoms with Crippen molar-refractivity contribution in [1.29, 1.82) is 0 Å². The highest BCUT2D eigenvalue weighted by Gasteiger charge is 2.30. The predicted molar refractivity (Wildman–Crippen MR) is 89.0 cm³/mol. The maximum absolute atomic E-state index is 5.59. The molecule has 1 aromatic carbocycles. The molecule has 0 bridgehead atoms. The van der Waals surface area contributed by atoms with Gasteiger partial charge in [0.05, 0.1) is 7.11 Å². The summed E-state index contributed by atoms with van der Waals surface area (Å²) in [6.07, 6.45) is 3.87. The second kappa shape index (κ2) is 7.81. The van der Waals surface area contributed by atoms with Crippen molar-refractivity contribution in [3.63, 3.8) is 0 Å². The summed E-state index contributed by atoms with van der Waals surface area (Å²) in [7, 11) is 1.77. The van der Waals surface area contributed by atoms with Gasteiger partial charge < -0.3 is 10.1 Å². The highest BCUT2D eigenvalue weighted by atomic mass is 16.5. The third-order valence-electron chi connectivity index (χ3n) is 4.29. The largest absolute Gasteiger partial charge is 0.496 e. The van der Waals surface area contributed by atoms with Crippen LogP contribution in [-0.2, 0) is 0 Å². The maximum atomic E-state index is 5.59. The van der Waals surface area contributed by atoms with Gasteiger partial charge in [0.15, 0.2) is 0 Å². The van der Waals surface area contributed by atoms with Gasteiger partial charge in [-0.2, -0.15) is 0 Å². The lowest BCUT2D eigenvalue weighted by Crippen LogP contribution is -2.37. The number of methoxy groups -OCH3 is 1. The Morgan fingerprint density at radius 3 is 2.67 bits per heavy atom. The van der Waals surface area contributed by atoms with Crippen molar-refractivity contribution in [2.45, 2.75) is 52.1 Å². The topological polar surface area (TPSA) is 24.5 Å². The van der Waals surface area contributed by atoms with Gasteiger partial charge in [-0.05, 0) is 45.3 Å². The Kier molecular flexibility index (Phi) is 6.07. The number of aryl methyl sites for hydroxylation is 1. The molecule has 3 nitrogen and oxygen atoms in total. The summed E-state index contributed by atoms with van der Waals surface area (Å²) in [5.74, 6) is 1.00. The molecule has 1 aliphatic carbocycles. The molecule has 1 atom stereocenters. The van der Waals surface area contributed by atoms with Crippen LogP contribution in [0.25, 0.3) is 0 Å². The van der Waals surface area contributed by atoms with Gasteiger partial charge in [-0.3, -0.25) is 4.90 Å². The fraction of sp³-hybridized carbons (Fsp3) is 0.667. The van der Waals surface area contributed by atoms with Crippen molar-refractivity contribution < 1.29 is 4.74 Å². The molecule has 0 aromatic heterocycles. The second-order valence-electron chi connectivity index (χ2n) is 6.07. The van der Waals surface area contributed by atoms with Crippen molar-refractivity contribution in [2.24, 2.45) is 0 Å². The van der Waals surface area contributed by atoms with E-state index in [-0.39, 0.29) is 0 Å². The van der Waals surface area contributed by atoms with E-state index in [9.17, 15) is 0 Å². The van der Waals surface area contributed by atoms with Crippen molar-refractivity contribution in [3.05, 3.63) is 29.3 Å². The molecule has 1 fully saturated rings. The molecular weight excluding hydrogens is 260 g/mol. The molecule has 0 amide bonds. The van der Waals surface area contributed by atoms with Gasteiger partial charge in [0, 0.05) is 24.2 Å². The van der Waals surface area contributed by atoms with E-state index in [1.165, 1.54) is 24.0 Å². The van der Waals surface area contributed by atoms with E-state index in [0.29, 0.717) is 6.04 Å². The average Bonchev–Trinajstić information content (AvgIpc) is 3.32. The van der Waals surface area contributed by atoms with E-state index in [1.807, 2.05) is 0 Å². The fourth-order valence-electron chi connectivity index (χ4n) is 2.93. The number of rotatable bonds is 9. The molecule has 2 rings (SSSR count). The molecule has 0 aliphatic heterocycles. The number of nitrogens with one attached hydrogen (secondary N) is 1. The van der Waals surface area contributed by atoms with Crippen LogP contribution in [0.1, 0.15) is 50.3 Å². The lowest BCUT2D eigenvalue weighted by atomic mass is 10.0. The van der Waals surface area contributed by atoms with E-state index in [4.69, 9.17) is 4.74 Å². The molecule has 1 unspecified atom stereocenters. The van der Waals surface area contributed by atoms with Crippen LogP contribution in [-0.4, -0.2) is 37.7 Å².